The van der Waals surface area contributed by atoms with Gasteiger partial charge in [-0.25, -0.2) is 0 Å². The first-order valence-electron chi connectivity index (χ1n) is 8.65. The third-order valence-corrected chi connectivity index (χ3v) is 5.04. The van der Waals surface area contributed by atoms with Crippen molar-refractivity contribution >= 4 is 0 Å². The monoisotopic (exact) mass is 305 g/mol. The molecule has 0 N–H and O–H groups in total. The van der Waals surface area contributed by atoms with E-state index in [2.05, 4.69) is 59.7 Å². The molecule has 0 aromatic heterocycles. The second-order valence-electron chi connectivity index (χ2n) is 7.52. The van der Waals surface area contributed by atoms with Gasteiger partial charge in [0.15, 0.2) is 0 Å². The maximum Gasteiger partial charge on any atom is 0.231 e. The minimum Gasteiger partial charge on any atom is -0.462 e. The van der Waals surface area contributed by atoms with Gasteiger partial charge in [0.05, 0.1) is 0 Å². The zero-order chi connectivity index (χ0) is 17.0. The second kappa shape index (κ2) is 7.50. The van der Waals surface area contributed by atoms with Crippen molar-refractivity contribution in [1.82, 2.24) is 0 Å². The highest BCUT2D eigenvalue weighted by atomic mass is 16.6. The summed E-state index contributed by atoms with van der Waals surface area (Å²) < 4.78 is 5.80. The summed E-state index contributed by atoms with van der Waals surface area (Å²) in [6, 6.07) is 6.45. The fourth-order valence-corrected chi connectivity index (χ4v) is 2.43. The molecule has 125 valence electrons. The molecule has 0 amide bonds. The standard InChI is InChI=1S/C20H33O2/c1-8-11-18(21)22-17-14-15(19(4,5)9-2)12-13-16(17)20(6,7)10-3/h12-14,18H,8-11H2,1-7H3. The van der Waals surface area contributed by atoms with E-state index in [9.17, 15) is 5.11 Å². The van der Waals surface area contributed by atoms with Gasteiger partial charge in [0.1, 0.15) is 5.75 Å². The Bertz CT molecular complexity index is 475. The fourth-order valence-electron chi connectivity index (χ4n) is 2.43. The van der Waals surface area contributed by atoms with Gasteiger partial charge in [-0.2, -0.15) is 5.11 Å². The molecule has 0 saturated carbocycles. The van der Waals surface area contributed by atoms with Gasteiger partial charge in [-0.05, 0) is 40.9 Å². The zero-order valence-corrected chi connectivity index (χ0v) is 15.5. The summed E-state index contributed by atoms with van der Waals surface area (Å²) in [5, 5.41) is 12.1. The van der Waals surface area contributed by atoms with E-state index in [1.54, 1.807) is 0 Å². The van der Waals surface area contributed by atoms with Gasteiger partial charge < -0.3 is 4.74 Å². The van der Waals surface area contributed by atoms with Crippen LogP contribution in [0.5, 0.6) is 5.75 Å². The summed E-state index contributed by atoms with van der Waals surface area (Å²) in [7, 11) is 0. The van der Waals surface area contributed by atoms with Crippen LogP contribution in [0, 0.1) is 0 Å². The third kappa shape index (κ3) is 4.49. The Kier molecular flexibility index (Phi) is 6.49. The van der Waals surface area contributed by atoms with E-state index < -0.39 is 6.29 Å². The summed E-state index contributed by atoms with van der Waals surface area (Å²) in [5.74, 6) is 0.777. The largest absolute Gasteiger partial charge is 0.462 e. The number of hydrogen-bond donors (Lipinski definition) is 0. The van der Waals surface area contributed by atoms with Crippen molar-refractivity contribution < 1.29 is 9.84 Å². The minimum absolute atomic E-state index is 0.0101. The van der Waals surface area contributed by atoms with E-state index >= 15 is 0 Å². The number of ether oxygens (including phenoxy) is 1. The summed E-state index contributed by atoms with van der Waals surface area (Å²) in [4.78, 5) is 0. The molecule has 22 heavy (non-hydrogen) atoms. The lowest BCUT2D eigenvalue weighted by atomic mass is 9.77. The summed E-state index contributed by atoms with van der Waals surface area (Å²) in [6.07, 6.45) is 2.49. The second-order valence-corrected chi connectivity index (χ2v) is 7.52. The maximum atomic E-state index is 12.1. The Balaban J connectivity index is 3.28. The molecule has 0 aliphatic rings. The molecule has 1 rings (SSSR count). The zero-order valence-electron chi connectivity index (χ0n) is 15.5. The molecule has 0 aliphatic heterocycles. The van der Waals surface area contributed by atoms with Gasteiger partial charge in [0, 0.05) is 6.42 Å². The average Bonchev–Trinajstić information content (AvgIpc) is 2.47. The molecule has 1 unspecified atom stereocenters. The fraction of sp³-hybridized carbons (Fsp3) is 0.700. The minimum atomic E-state index is -0.976. The van der Waals surface area contributed by atoms with E-state index in [1.165, 1.54) is 5.56 Å². The van der Waals surface area contributed by atoms with Crippen LogP contribution in [-0.4, -0.2) is 6.29 Å². The van der Waals surface area contributed by atoms with Crippen molar-refractivity contribution in [1.29, 1.82) is 0 Å². The normalized spacial score (nSPS) is 14.0. The molecule has 2 heteroatoms. The van der Waals surface area contributed by atoms with Gasteiger partial charge in [0.25, 0.3) is 0 Å². The molecule has 0 heterocycles. The van der Waals surface area contributed by atoms with Gasteiger partial charge in [-0.1, -0.05) is 67.0 Å². The van der Waals surface area contributed by atoms with Crippen molar-refractivity contribution in [2.75, 3.05) is 0 Å². The highest BCUT2D eigenvalue weighted by Gasteiger charge is 2.26. The smallest absolute Gasteiger partial charge is 0.231 e. The van der Waals surface area contributed by atoms with E-state index in [0.717, 1.165) is 30.6 Å². The van der Waals surface area contributed by atoms with Crippen LogP contribution in [0.15, 0.2) is 18.2 Å². The SMILES string of the molecule is CCCC([O])Oc1cc(C(C)(C)CC)ccc1C(C)(C)CC. The van der Waals surface area contributed by atoms with Gasteiger partial charge in [-0.15, -0.1) is 0 Å². The molecular weight excluding hydrogens is 272 g/mol. The maximum absolute atomic E-state index is 12.1. The highest BCUT2D eigenvalue weighted by Crippen LogP contribution is 2.38. The molecular formula is C20H33O2. The molecule has 0 bridgehead atoms. The predicted molar refractivity (Wildman–Crippen MR) is 93.1 cm³/mol. The number of hydrogen-bond acceptors (Lipinski definition) is 1. The van der Waals surface area contributed by atoms with Crippen LogP contribution < -0.4 is 4.74 Å². The van der Waals surface area contributed by atoms with Crippen LogP contribution in [0.25, 0.3) is 0 Å². The first kappa shape index (κ1) is 19.0. The summed E-state index contributed by atoms with van der Waals surface area (Å²) in [5.41, 5.74) is 2.48. The summed E-state index contributed by atoms with van der Waals surface area (Å²) in [6.45, 7) is 15.3. The van der Waals surface area contributed by atoms with Crippen molar-refractivity contribution in [2.24, 2.45) is 0 Å². The molecule has 0 saturated heterocycles. The van der Waals surface area contributed by atoms with Crippen LogP contribution >= 0.6 is 0 Å². The first-order valence-corrected chi connectivity index (χ1v) is 8.65. The highest BCUT2D eigenvalue weighted by molar-refractivity contribution is 5.44. The predicted octanol–water partition coefficient (Wildman–Crippen LogP) is 6.00. The third-order valence-electron chi connectivity index (χ3n) is 5.04. The van der Waals surface area contributed by atoms with Crippen LogP contribution in [-0.2, 0) is 15.9 Å². The molecule has 0 spiro atoms. The molecule has 0 fully saturated rings. The Morgan fingerprint density at radius 3 is 2.09 bits per heavy atom. The van der Waals surface area contributed by atoms with Crippen molar-refractivity contribution in [3.63, 3.8) is 0 Å². The molecule has 2 nitrogen and oxygen atoms in total. The van der Waals surface area contributed by atoms with Crippen molar-refractivity contribution in [3.05, 3.63) is 29.3 Å². The quantitative estimate of drug-likeness (QED) is 0.542. The van der Waals surface area contributed by atoms with Gasteiger partial charge >= 0.3 is 0 Å². The van der Waals surface area contributed by atoms with E-state index in [4.69, 9.17) is 4.74 Å². The van der Waals surface area contributed by atoms with Crippen LogP contribution in [0.4, 0.5) is 0 Å². The van der Waals surface area contributed by atoms with E-state index in [-0.39, 0.29) is 10.8 Å². The molecule has 1 aromatic rings. The number of benzene rings is 1. The van der Waals surface area contributed by atoms with Gasteiger partial charge in [-0.3, -0.25) is 0 Å². The first-order chi connectivity index (χ1) is 10.2. The Morgan fingerprint density at radius 2 is 1.59 bits per heavy atom. The van der Waals surface area contributed by atoms with Crippen LogP contribution in [0.2, 0.25) is 0 Å². The van der Waals surface area contributed by atoms with Gasteiger partial charge in [0.2, 0.25) is 6.29 Å². The summed E-state index contributed by atoms with van der Waals surface area (Å²) >= 11 is 0. The Hall–Kier alpha value is -1.02. The Labute approximate surface area is 136 Å². The average molecular weight is 305 g/mol. The lowest BCUT2D eigenvalue weighted by molar-refractivity contribution is -0.0765. The topological polar surface area (TPSA) is 29.1 Å². The molecule has 1 radical (unpaired) electrons. The van der Waals surface area contributed by atoms with Crippen LogP contribution in [0.1, 0.15) is 85.3 Å². The molecule has 1 atom stereocenters. The molecule has 0 aliphatic carbocycles. The number of rotatable bonds is 8. The lowest BCUT2D eigenvalue weighted by Gasteiger charge is -2.30. The Morgan fingerprint density at radius 1 is 1.00 bits per heavy atom. The molecule has 1 aromatic carbocycles. The van der Waals surface area contributed by atoms with E-state index in [0.29, 0.717) is 6.42 Å². The van der Waals surface area contributed by atoms with Crippen molar-refractivity contribution in [3.8, 4) is 5.75 Å². The lowest BCUT2D eigenvalue weighted by Crippen LogP contribution is -2.22. The van der Waals surface area contributed by atoms with Crippen molar-refractivity contribution in [2.45, 2.75) is 91.3 Å². The van der Waals surface area contributed by atoms with E-state index in [1.807, 2.05) is 6.92 Å². The van der Waals surface area contributed by atoms with Crippen LogP contribution in [0.3, 0.4) is 0 Å².